The first-order valence-electron chi connectivity index (χ1n) is 13.0. The summed E-state index contributed by atoms with van der Waals surface area (Å²) in [6, 6.07) is 6.22. The molecule has 1 unspecified atom stereocenters. The van der Waals surface area contributed by atoms with E-state index in [0.717, 1.165) is 6.07 Å². The van der Waals surface area contributed by atoms with E-state index in [2.05, 4.69) is 4.74 Å². The molecule has 15 heteroatoms. The van der Waals surface area contributed by atoms with Crippen molar-refractivity contribution < 1.29 is 74.7 Å². The Balaban J connectivity index is 1.39. The van der Waals surface area contributed by atoms with Gasteiger partial charge in [0, 0.05) is 12.1 Å². The molecule has 0 radical (unpaired) electrons. The van der Waals surface area contributed by atoms with Crippen molar-refractivity contribution in [2.24, 2.45) is 0 Å². The molecule has 0 spiro atoms. The molecule has 0 saturated carbocycles. The molecule has 11 N–H and O–H groups in total. The SMILES string of the molecule is C[C@@H]1O[C@@H](OC[C@@H]2O[C@@H](OC3=Cc4c(O)cc(O)cc4[OH+]C3c3ccc(O)c(O)c3)[C@@H](O)[C@H](O)[C@H]2O)[C@@H](O)[C@@H](O)[C@H]1O. The predicted octanol–water partition coefficient (Wildman–Crippen LogP) is -1.49. The van der Waals surface area contributed by atoms with E-state index < -0.39 is 85.6 Å². The zero-order valence-electron chi connectivity index (χ0n) is 22.1. The van der Waals surface area contributed by atoms with Crippen LogP contribution >= 0.6 is 0 Å². The summed E-state index contributed by atoms with van der Waals surface area (Å²) in [5.74, 6) is -1.35. The van der Waals surface area contributed by atoms with Crippen molar-refractivity contribution in [3.63, 3.8) is 0 Å². The van der Waals surface area contributed by atoms with Crippen LogP contribution in [0.1, 0.15) is 24.2 Å². The van der Waals surface area contributed by atoms with Gasteiger partial charge in [0.15, 0.2) is 23.5 Å². The first kappa shape index (κ1) is 30.1. The second-order valence-corrected chi connectivity index (χ2v) is 10.4. The van der Waals surface area contributed by atoms with Crippen LogP contribution in [0, 0.1) is 0 Å². The van der Waals surface area contributed by atoms with Crippen LogP contribution in [-0.4, -0.2) is 124 Å². The average Bonchev–Trinajstić information content (AvgIpc) is 2.95. The van der Waals surface area contributed by atoms with Crippen LogP contribution in [-0.2, 0) is 18.9 Å². The van der Waals surface area contributed by atoms with Crippen molar-refractivity contribution in [2.75, 3.05) is 6.61 Å². The Morgan fingerprint density at radius 1 is 0.738 bits per heavy atom. The minimum Gasteiger partial charge on any atom is -0.571 e. The van der Waals surface area contributed by atoms with Crippen molar-refractivity contribution in [1.82, 2.24) is 0 Å². The fourth-order valence-electron chi connectivity index (χ4n) is 4.96. The van der Waals surface area contributed by atoms with Gasteiger partial charge in [-0.2, -0.15) is 0 Å². The first-order valence-corrected chi connectivity index (χ1v) is 13.0. The van der Waals surface area contributed by atoms with Crippen LogP contribution in [0.5, 0.6) is 28.7 Å². The summed E-state index contributed by atoms with van der Waals surface area (Å²) >= 11 is 0. The van der Waals surface area contributed by atoms with E-state index in [-0.39, 0.29) is 28.6 Å². The molecule has 0 aliphatic carbocycles. The van der Waals surface area contributed by atoms with E-state index in [9.17, 15) is 51.1 Å². The molecule has 3 aliphatic rings. The van der Waals surface area contributed by atoms with Crippen molar-refractivity contribution in [1.29, 1.82) is 0 Å². The number of hydrogen-bond acceptors (Lipinski definition) is 14. The summed E-state index contributed by atoms with van der Waals surface area (Å²) in [7, 11) is 0. The molecule has 230 valence electrons. The number of aliphatic hydroxyl groups is 7. The van der Waals surface area contributed by atoms with Crippen LogP contribution in [0.4, 0.5) is 0 Å². The van der Waals surface area contributed by atoms with Crippen molar-refractivity contribution in [3.8, 4) is 28.7 Å². The van der Waals surface area contributed by atoms with Gasteiger partial charge in [0.1, 0.15) is 59.8 Å². The molecule has 42 heavy (non-hydrogen) atoms. The second-order valence-electron chi connectivity index (χ2n) is 10.4. The number of ether oxygens (including phenoxy) is 5. The predicted molar refractivity (Wildman–Crippen MR) is 138 cm³/mol. The summed E-state index contributed by atoms with van der Waals surface area (Å²) in [5.41, 5.74) is 0.445. The lowest BCUT2D eigenvalue weighted by atomic mass is 9.98. The molecule has 3 aliphatic heterocycles. The highest BCUT2D eigenvalue weighted by atomic mass is 16.7. The minimum absolute atomic E-state index is 0.0436. The fourth-order valence-corrected chi connectivity index (χ4v) is 4.96. The molecule has 2 saturated heterocycles. The summed E-state index contributed by atoms with van der Waals surface area (Å²) in [6.45, 7) is 0.945. The molecule has 0 amide bonds. The second kappa shape index (κ2) is 11.7. The normalized spacial score (nSPS) is 36.5. The number of phenols is 4. The largest absolute Gasteiger partial charge is 0.571 e. The fraction of sp³-hybridized carbons (Fsp3) is 0.481. The first-order chi connectivity index (χ1) is 19.8. The van der Waals surface area contributed by atoms with Gasteiger partial charge in [0.2, 0.25) is 6.29 Å². The van der Waals surface area contributed by atoms with Crippen LogP contribution in [0.3, 0.4) is 0 Å². The van der Waals surface area contributed by atoms with Gasteiger partial charge in [-0.05, 0) is 25.1 Å². The molecule has 15 nitrogen and oxygen atoms in total. The molecule has 0 aromatic heterocycles. The highest BCUT2D eigenvalue weighted by Gasteiger charge is 2.48. The van der Waals surface area contributed by atoms with Gasteiger partial charge in [-0.15, -0.1) is 0 Å². The number of aromatic hydroxyl groups is 5. The van der Waals surface area contributed by atoms with E-state index in [1.165, 1.54) is 37.3 Å². The summed E-state index contributed by atoms with van der Waals surface area (Å²) in [6.07, 6.45) is -14.9. The highest BCUT2D eigenvalue weighted by Crippen LogP contribution is 2.46. The maximum absolute atomic E-state index is 10.7. The Hall–Kier alpha value is -3.38. The zero-order valence-corrected chi connectivity index (χ0v) is 22.1. The minimum atomic E-state index is -1.80. The molecule has 11 atom stereocenters. The van der Waals surface area contributed by atoms with Gasteiger partial charge >= 0.3 is 0 Å². The maximum atomic E-state index is 10.7. The van der Waals surface area contributed by atoms with Crippen LogP contribution in [0.2, 0.25) is 0 Å². The molecule has 5 rings (SSSR count). The topological polar surface area (TPSA) is 252 Å². The Kier molecular flexibility index (Phi) is 8.39. The summed E-state index contributed by atoms with van der Waals surface area (Å²) in [4.78, 5) is 0. The lowest BCUT2D eigenvalue weighted by Crippen LogP contribution is -2.61. The molecule has 0 bridgehead atoms. The van der Waals surface area contributed by atoms with Crippen molar-refractivity contribution in [3.05, 3.63) is 47.2 Å². The van der Waals surface area contributed by atoms with Gasteiger partial charge in [-0.3, -0.25) is 0 Å². The Morgan fingerprint density at radius 3 is 2.14 bits per heavy atom. The zero-order chi connectivity index (χ0) is 30.5. The van der Waals surface area contributed by atoms with Crippen molar-refractivity contribution >= 4 is 6.08 Å². The quantitative estimate of drug-likeness (QED) is 0.135. The Morgan fingerprint density at radius 2 is 1.43 bits per heavy atom. The molecule has 3 heterocycles. The van der Waals surface area contributed by atoms with Gasteiger partial charge in [-0.1, -0.05) is 0 Å². The third-order valence-corrected chi connectivity index (χ3v) is 7.41. The number of aliphatic hydroxyl groups excluding tert-OH is 6. The van der Waals surface area contributed by atoms with Crippen LogP contribution < -0.4 is 0 Å². The molecule has 2 fully saturated rings. The Bertz CT molecular complexity index is 1320. The van der Waals surface area contributed by atoms with Crippen molar-refractivity contribution in [2.45, 2.75) is 74.4 Å². The molecule has 2 aromatic rings. The van der Waals surface area contributed by atoms with Gasteiger partial charge in [0.25, 0.3) is 11.9 Å². The van der Waals surface area contributed by atoms with E-state index >= 15 is 0 Å². The number of phenolic OH excluding ortho intramolecular Hbond substituents is 4. The van der Waals surface area contributed by atoms with E-state index in [1.807, 2.05) is 0 Å². The Labute approximate surface area is 238 Å². The lowest BCUT2D eigenvalue weighted by molar-refractivity contribution is -0.325. The summed E-state index contributed by atoms with van der Waals surface area (Å²) < 4.78 is 27.0. The molecular formula is C27H33O15+. The van der Waals surface area contributed by atoms with E-state index in [4.69, 9.17) is 18.9 Å². The lowest BCUT2D eigenvalue weighted by Gasteiger charge is -2.42. The number of rotatable bonds is 6. The smallest absolute Gasteiger partial charge is 0.270 e. The maximum Gasteiger partial charge on any atom is 0.270 e. The highest BCUT2D eigenvalue weighted by molar-refractivity contribution is 5.69. The number of fused-ring (bicyclic) bond motifs is 1. The third kappa shape index (κ3) is 5.66. The average molecular weight is 598 g/mol. The van der Waals surface area contributed by atoms with Gasteiger partial charge in [0.05, 0.1) is 24.3 Å². The van der Waals surface area contributed by atoms with Crippen LogP contribution in [0.25, 0.3) is 6.08 Å². The molecule has 2 aromatic carbocycles. The standard InChI is InChI=1S/C27H32O15/c1-9-19(32)21(34)23(36)26(39-9)38-8-18-20(33)22(35)24(37)27(42-18)41-17-7-12-14(30)5-11(28)6-16(12)40-25(17)10-2-3-13(29)15(31)4-10/h2-7,9,18-37H,8H2,1H3/p+1/t9-,18-,19-,20-,21-,22+,23-,24-,25?,26+,27+/m0/s1. The van der Waals surface area contributed by atoms with E-state index in [0.29, 0.717) is 5.56 Å². The molecular weight excluding hydrogens is 564 g/mol. The number of benzene rings is 2. The summed E-state index contributed by atoms with van der Waals surface area (Å²) in [5, 5.41) is 102. The number of hydrogen-bond donors (Lipinski definition) is 10. The van der Waals surface area contributed by atoms with Gasteiger partial charge in [-0.25, -0.2) is 0 Å². The van der Waals surface area contributed by atoms with Gasteiger partial charge < -0.3 is 74.7 Å². The monoisotopic (exact) mass is 597 g/mol. The van der Waals surface area contributed by atoms with Crippen LogP contribution in [0.15, 0.2) is 36.1 Å². The van der Waals surface area contributed by atoms with E-state index in [1.54, 1.807) is 0 Å². The third-order valence-electron chi connectivity index (χ3n) is 7.41.